The smallest absolute Gasteiger partial charge is 0.322 e. The number of rotatable bonds is 3. The number of nitrogens with one attached hydrogen (secondary N) is 1. The summed E-state index contributed by atoms with van der Waals surface area (Å²) in [7, 11) is 0. The lowest BCUT2D eigenvalue weighted by Crippen LogP contribution is -2.39. The van der Waals surface area contributed by atoms with E-state index in [1.54, 1.807) is 0 Å². The van der Waals surface area contributed by atoms with Crippen molar-refractivity contribution in [1.82, 2.24) is 15.1 Å². The first-order valence-corrected chi connectivity index (χ1v) is 8.90. The van der Waals surface area contributed by atoms with E-state index in [0.29, 0.717) is 18.5 Å². The monoisotopic (exact) mass is 324 g/mol. The lowest BCUT2D eigenvalue weighted by molar-refractivity contribution is 0.246. The van der Waals surface area contributed by atoms with Crippen LogP contribution in [0.5, 0.6) is 0 Å². The van der Waals surface area contributed by atoms with Crippen LogP contribution in [0.2, 0.25) is 0 Å². The molecule has 0 radical (unpaired) electrons. The van der Waals surface area contributed by atoms with Crippen LogP contribution in [-0.4, -0.2) is 22.4 Å². The van der Waals surface area contributed by atoms with Crippen LogP contribution in [0.25, 0.3) is 0 Å². The Bertz CT molecular complexity index is 732. The normalized spacial score (nSPS) is 20.4. The molecule has 5 nitrogen and oxygen atoms in total. The highest BCUT2D eigenvalue weighted by atomic mass is 16.2. The van der Waals surface area contributed by atoms with Crippen LogP contribution >= 0.6 is 0 Å². The lowest BCUT2D eigenvalue weighted by atomic mass is 10.0. The molecule has 4 rings (SSSR count). The third-order valence-corrected chi connectivity index (χ3v) is 5.24. The van der Waals surface area contributed by atoms with Crippen molar-refractivity contribution in [2.75, 3.05) is 11.4 Å². The van der Waals surface area contributed by atoms with Gasteiger partial charge in [-0.1, -0.05) is 38.0 Å². The molecular weight excluding hydrogens is 300 g/mol. The van der Waals surface area contributed by atoms with Gasteiger partial charge in [0.1, 0.15) is 0 Å². The predicted molar refractivity (Wildman–Crippen MR) is 94.2 cm³/mol. The summed E-state index contributed by atoms with van der Waals surface area (Å²) in [5.74, 6) is 0.383. The van der Waals surface area contributed by atoms with E-state index in [4.69, 9.17) is 0 Å². The van der Waals surface area contributed by atoms with Gasteiger partial charge in [0, 0.05) is 24.3 Å². The van der Waals surface area contributed by atoms with Crippen LogP contribution in [-0.2, 0) is 6.54 Å². The second-order valence-electron chi connectivity index (χ2n) is 6.95. The van der Waals surface area contributed by atoms with Gasteiger partial charge in [-0.2, -0.15) is 5.10 Å². The van der Waals surface area contributed by atoms with Crippen LogP contribution in [0, 0.1) is 0 Å². The minimum atomic E-state index is -0.0396. The molecule has 0 spiro atoms. The molecule has 1 saturated carbocycles. The summed E-state index contributed by atoms with van der Waals surface area (Å²) in [6, 6.07) is 10.7. The Morgan fingerprint density at radius 1 is 1.25 bits per heavy atom. The molecule has 0 bridgehead atoms. The highest BCUT2D eigenvalue weighted by Gasteiger charge is 2.29. The summed E-state index contributed by atoms with van der Waals surface area (Å²) in [6.45, 7) is 3.38. The maximum absolute atomic E-state index is 12.6. The van der Waals surface area contributed by atoms with Gasteiger partial charge in [0.15, 0.2) is 0 Å². The third-order valence-electron chi connectivity index (χ3n) is 5.24. The Morgan fingerprint density at radius 2 is 2.04 bits per heavy atom. The molecule has 1 atom stereocenters. The van der Waals surface area contributed by atoms with E-state index in [-0.39, 0.29) is 6.03 Å². The van der Waals surface area contributed by atoms with Crippen LogP contribution < -0.4 is 10.2 Å². The van der Waals surface area contributed by atoms with E-state index >= 15 is 0 Å². The van der Waals surface area contributed by atoms with Gasteiger partial charge < -0.3 is 5.32 Å². The highest BCUT2D eigenvalue weighted by Crippen LogP contribution is 2.35. The zero-order chi connectivity index (χ0) is 16.5. The number of anilines is 1. The second kappa shape index (κ2) is 6.30. The van der Waals surface area contributed by atoms with Crippen molar-refractivity contribution in [2.24, 2.45) is 0 Å². The van der Waals surface area contributed by atoms with Gasteiger partial charge in [0.2, 0.25) is 0 Å². The minimum absolute atomic E-state index is 0.0396. The van der Waals surface area contributed by atoms with Crippen molar-refractivity contribution in [3.05, 3.63) is 47.8 Å². The van der Waals surface area contributed by atoms with Crippen molar-refractivity contribution in [1.29, 1.82) is 0 Å². The number of para-hydroxylation sites is 1. The average Bonchev–Trinajstić information content (AvgIpc) is 3.33. The van der Waals surface area contributed by atoms with E-state index in [1.807, 2.05) is 35.4 Å². The number of aromatic nitrogens is 2. The van der Waals surface area contributed by atoms with Gasteiger partial charge >= 0.3 is 6.03 Å². The van der Waals surface area contributed by atoms with E-state index in [1.165, 1.54) is 31.2 Å². The molecule has 2 heterocycles. The zero-order valence-corrected chi connectivity index (χ0v) is 14.1. The molecule has 1 aliphatic heterocycles. The molecule has 24 heavy (non-hydrogen) atoms. The van der Waals surface area contributed by atoms with Crippen molar-refractivity contribution in [3.8, 4) is 0 Å². The SMILES string of the molecule is CC1CN(C(=O)NCc2ccn(C3CCCC3)n2)c2ccccc21. The molecule has 1 unspecified atom stereocenters. The number of benzene rings is 1. The molecule has 2 amide bonds. The summed E-state index contributed by atoms with van der Waals surface area (Å²) in [5.41, 5.74) is 3.20. The number of carbonyl (C=O) groups is 1. The van der Waals surface area contributed by atoms with Gasteiger partial charge in [-0.25, -0.2) is 4.79 Å². The van der Waals surface area contributed by atoms with Crippen LogP contribution in [0.3, 0.4) is 0 Å². The van der Waals surface area contributed by atoms with Crippen LogP contribution in [0.15, 0.2) is 36.5 Å². The van der Waals surface area contributed by atoms with Crippen LogP contribution in [0.1, 0.15) is 55.8 Å². The summed E-state index contributed by atoms with van der Waals surface area (Å²) >= 11 is 0. The van der Waals surface area contributed by atoms with E-state index in [0.717, 1.165) is 17.9 Å². The van der Waals surface area contributed by atoms with Gasteiger partial charge in [0.05, 0.1) is 18.3 Å². The molecule has 1 aromatic carbocycles. The van der Waals surface area contributed by atoms with Crippen LogP contribution in [0.4, 0.5) is 10.5 Å². The summed E-state index contributed by atoms with van der Waals surface area (Å²) in [4.78, 5) is 14.4. The van der Waals surface area contributed by atoms with Crippen molar-refractivity contribution < 1.29 is 4.79 Å². The minimum Gasteiger partial charge on any atom is -0.332 e. The first kappa shape index (κ1) is 15.2. The fourth-order valence-corrected chi connectivity index (χ4v) is 3.92. The van der Waals surface area contributed by atoms with Gasteiger partial charge in [-0.15, -0.1) is 0 Å². The molecule has 2 aromatic rings. The summed E-state index contributed by atoms with van der Waals surface area (Å²) < 4.78 is 2.07. The maximum atomic E-state index is 12.6. The molecule has 1 fully saturated rings. The average molecular weight is 324 g/mol. The molecule has 0 saturated heterocycles. The van der Waals surface area contributed by atoms with Gasteiger partial charge in [-0.05, 0) is 30.5 Å². The van der Waals surface area contributed by atoms with Crippen molar-refractivity contribution >= 4 is 11.7 Å². The van der Waals surface area contributed by atoms with E-state index < -0.39 is 0 Å². The Kier molecular flexibility index (Phi) is 4.00. The lowest BCUT2D eigenvalue weighted by Gasteiger charge is -2.18. The van der Waals surface area contributed by atoms with E-state index in [2.05, 4.69) is 28.1 Å². The number of fused-ring (bicyclic) bond motifs is 1. The fraction of sp³-hybridized carbons (Fsp3) is 0.474. The molecule has 1 N–H and O–H groups in total. The maximum Gasteiger partial charge on any atom is 0.322 e. The quantitative estimate of drug-likeness (QED) is 0.933. The first-order chi connectivity index (χ1) is 11.7. The Morgan fingerprint density at radius 3 is 2.88 bits per heavy atom. The molecule has 2 aliphatic rings. The number of carbonyl (C=O) groups excluding carboxylic acids is 1. The molecule has 1 aliphatic carbocycles. The first-order valence-electron chi connectivity index (χ1n) is 8.90. The standard InChI is InChI=1S/C19H24N4O/c1-14-13-22(18-9-5-4-8-17(14)18)19(24)20-12-15-10-11-23(21-15)16-6-2-3-7-16/h4-5,8-11,14,16H,2-3,6-7,12-13H2,1H3,(H,20,24). The predicted octanol–water partition coefficient (Wildman–Crippen LogP) is 3.83. The number of nitrogens with zero attached hydrogens (tertiary/aromatic N) is 3. The highest BCUT2D eigenvalue weighted by molar-refractivity contribution is 5.94. The Balaban J connectivity index is 1.39. The number of amides is 2. The Labute approximate surface area is 142 Å². The topological polar surface area (TPSA) is 50.2 Å². The second-order valence-corrected chi connectivity index (χ2v) is 6.95. The number of hydrogen-bond donors (Lipinski definition) is 1. The largest absolute Gasteiger partial charge is 0.332 e. The number of urea groups is 1. The van der Waals surface area contributed by atoms with E-state index in [9.17, 15) is 4.79 Å². The van der Waals surface area contributed by atoms with Crippen molar-refractivity contribution in [2.45, 2.75) is 51.1 Å². The summed E-state index contributed by atoms with van der Waals surface area (Å²) in [6.07, 6.45) is 7.07. The summed E-state index contributed by atoms with van der Waals surface area (Å²) in [5, 5.41) is 7.65. The Hall–Kier alpha value is -2.30. The van der Waals surface area contributed by atoms with Gasteiger partial charge in [0.25, 0.3) is 0 Å². The third kappa shape index (κ3) is 2.79. The van der Waals surface area contributed by atoms with Crippen molar-refractivity contribution in [3.63, 3.8) is 0 Å². The fourth-order valence-electron chi connectivity index (χ4n) is 3.92. The number of hydrogen-bond acceptors (Lipinski definition) is 2. The molecule has 5 heteroatoms. The molecule has 126 valence electrons. The molecular formula is C19H24N4O. The molecule has 1 aromatic heterocycles. The van der Waals surface area contributed by atoms with Gasteiger partial charge in [-0.3, -0.25) is 9.58 Å². The zero-order valence-electron chi connectivity index (χ0n) is 14.1.